The number of thiazole rings is 1. The van der Waals surface area contributed by atoms with E-state index in [1.54, 1.807) is 0 Å². The van der Waals surface area contributed by atoms with E-state index in [0.29, 0.717) is 32.0 Å². The molecule has 1 saturated heterocycles. The Morgan fingerprint density at radius 1 is 0.926 bits per heavy atom. The number of thiocarbonyl (C=S) groups is 1. The molecule has 7 nitrogen and oxygen atoms in total. The van der Waals surface area contributed by atoms with E-state index in [9.17, 15) is 19.5 Å². The van der Waals surface area contributed by atoms with Gasteiger partial charge in [-0.25, -0.2) is 0 Å². The number of carbonyl (C=O) groups excluding carboxylic acids is 1. The average molecular weight is 788 g/mol. The number of amides is 1. The average Bonchev–Trinajstić information content (AvgIpc) is 3.92. The molecule has 4 aromatic carbocycles. The number of anilines is 2. The van der Waals surface area contributed by atoms with Crippen LogP contribution in [0.3, 0.4) is 0 Å². The van der Waals surface area contributed by atoms with Crippen molar-refractivity contribution in [1.29, 1.82) is 0 Å². The Bertz CT molecular complexity index is 2470. The number of rotatable bonds is 10. The Morgan fingerprint density at radius 2 is 1.63 bits per heavy atom. The number of thioether (sulfide) groups is 2. The number of nitrogens with zero attached hydrogens (tertiary/aromatic N) is 3. The van der Waals surface area contributed by atoms with Crippen LogP contribution in [0.15, 0.2) is 107 Å². The van der Waals surface area contributed by atoms with Crippen LogP contribution in [0.5, 0.6) is 0 Å². The summed E-state index contributed by atoms with van der Waals surface area (Å²) in [5.41, 5.74) is 7.28. The summed E-state index contributed by atoms with van der Waals surface area (Å²) in [6.07, 6.45) is 9.48. The largest absolute Gasteiger partial charge is 0.480 e. The van der Waals surface area contributed by atoms with Gasteiger partial charge in [0.2, 0.25) is 0 Å². The van der Waals surface area contributed by atoms with E-state index >= 15 is 0 Å². The van der Waals surface area contributed by atoms with Crippen molar-refractivity contribution in [2.75, 3.05) is 10.7 Å². The van der Waals surface area contributed by atoms with Gasteiger partial charge in [-0.2, -0.15) is 0 Å². The molecule has 11 heteroatoms. The van der Waals surface area contributed by atoms with Crippen LogP contribution in [-0.4, -0.2) is 42.6 Å². The molecule has 272 valence electrons. The molecule has 54 heavy (non-hydrogen) atoms. The van der Waals surface area contributed by atoms with Gasteiger partial charge in [-0.3, -0.25) is 23.9 Å². The maximum absolute atomic E-state index is 13.8. The van der Waals surface area contributed by atoms with E-state index < -0.39 is 18.1 Å². The Kier molecular flexibility index (Phi) is 10.5. The first kappa shape index (κ1) is 36.3. The number of hydrogen-bond acceptors (Lipinski definition) is 8. The fourth-order valence-corrected chi connectivity index (χ4v) is 10.8. The molecule has 1 N–H and O–H groups in total. The van der Waals surface area contributed by atoms with E-state index in [2.05, 4.69) is 84.6 Å². The molecule has 2 aliphatic heterocycles. The molecule has 2 unspecified atom stereocenters. The molecular weight excluding hydrogens is 751 g/mol. The summed E-state index contributed by atoms with van der Waals surface area (Å²) in [6.45, 7) is 1.91. The summed E-state index contributed by atoms with van der Waals surface area (Å²) in [7, 11) is 0. The van der Waals surface area contributed by atoms with Gasteiger partial charge in [0, 0.05) is 28.2 Å². The molecule has 1 amide bonds. The van der Waals surface area contributed by atoms with Gasteiger partial charge in [0.15, 0.2) is 0 Å². The zero-order valence-corrected chi connectivity index (χ0v) is 32.8. The zero-order valence-electron chi connectivity index (χ0n) is 29.5. The van der Waals surface area contributed by atoms with Crippen LogP contribution >= 0.6 is 47.1 Å². The van der Waals surface area contributed by atoms with Gasteiger partial charge >= 0.3 is 5.97 Å². The third-order valence-electron chi connectivity index (χ3n) is 10.1. The molecule has 1 aliphatic carbocycles. The number of aliphatic carboxylic acids is 1. The quantitative estimate of drug-likeness (QED) is 0.0866. The SMILES string of the molecule is CCSc1ccc(C=Cc2ccc(N3c4ccc(/C=c5\s/c(=C6/SC(=S)N(Cc7ccccc7)C6=O)n(CC(=O)O)c5=O)cc4C4CCCC43)cc2)cc1. The Balaban J connectivity index is 1.09. The van der Waals surface area contributed by atoms with Gasteiger partial charge in [0.25, 0.3) is 11.5 Å². The molecule has 2 atom stereocenters. The fourth-order valence-electron chi connectivity index (χ4n) is 7.63. The van der Waals surface area contributed by atoms with E-state index in [0.717, 1.165) is 70.5 Å². The molecule has 0 spiro atoms. The van der Waals surface area contributed by atoms with E-state index in [-0.39, 0.29) is 10.8 Å². The second-order valence-electron chi connectivity index (χ2n) is 13.5. The lowest BCUT2D eigenvalue weighted by Gasteiger charge is -2.27. The lowest BCUT2D eigenvalue weighted by atomic mass is 9.96. The van der Waals surface area contributed by atoms with Gasteiger partial charge in [-0.15, -0.1) is 23.1 Å². The van der Waals surface area contributed by atoms with Gasteiger partial charge in [-0.05, 0) is 88.9 Å². The highest BCUT2D eigenvalue weighted by Crippen LogP contribution is 2.52. The van der Waals surface area contributed by atoms with E-state index in [1.807, 2.05) is 54.2 Å². The van der Waals surface area contributed by atoms with E-state index in [4.69, 9.17) is 12.2 Å². The van der Waals surface area contributed by atoms with Crippen LogP contribution in [0.25, 0.3) is 23.1 Å². The summed E-state index contributed by atoms with van der Waals surface area (Å²) < 4.78 is 2.25. The molecule has 1 saturated carbocycles. The van der Waals surface area contributed by atoms with Gasteiger partial charge in [-0.1, -0.05) is 110 Å². The first-order chi connectivity index (χ1) is 26.3. The summed E-state index contributed by atoms with van der Waals surface area (Å²) in [5, 5.41) is 9.74. The normalized spacial score (nSPS) is 19.3. The minimum absolute atomic E-state index is 0.277. The fraction of sp³-hybridized carbons (Fsp3) is 0.209. The minimum atomic E-state index is -1.16. The second-order valence-corrected chi connectivity index (χ2v) is 17.5. The smallest absolute Gasteiger partial charge is 0.323 e. The van der Waals surface area contributed by atoms with Crippen LogP contribution in [0.2, 0.25) is 0 Å². The number of fused-ring (bicyclic) bond motifs is 3. The molecule has 8 rings (SSSR count). The Hall–Kier alpha value is -4.68. The summed E-state index contributed by atoms with van der Waals surface area (Å²) in [6, 6.07) is 33.7. The first-order valence-electron chi connectivity index (χ1n) is 18.0. The standard InChI is InChI=1S/C43H37N3O4S4/c1-2-52-32-20-15-28(16-21-32)12-11-27-13-18-31(19-14-27)46-35-10-6-9-33(35)34-23-30(17-22-36(34)46)24-37-40(49)44(26-38(47)48)42(53-37)39-41(50)45(43(51)54-39)25-29-7-4-3-5-8-29/h3-5,7-8,11-24,33,35H,2,6,9-10,25-26H2,1H3,(H,47,48)/b12-11?,37-24-,42-39+. The van der Waals surface area contributed by atoms with Crippen molar-refractivity contribution >= 4 is 97.8 Å². The molecule has 2 fully saturated rings. The van der Waals surface area contributed by atoms with Crippen molar-refractivity contribution in [1.82, 2.24) is 9.47 Å². The van der Waals surface area contributed by atoms with Crippen molar-refractivity contribution in [3.05, 3.63) is 144 Å². The minimum Gasteiger partial charge on any atom is -0.480 e. The van der Waals surface area contributed by atoms with Gasteiger partial charge in [0.1, 0.15) is 20.4 Å². The van der Waals surface area contributed by atoms with Crippen LogP contribution in [0, 0.1) is 0 Å². The number of aromatic nitrogens is 1. The predicted molar refractivity (Wildman–Crippen MR) is 227 cm³/mol. The second kappa shape index (κ2) is 15.6. The number of benzene rings is 4. The predicted octanol–water partition coefficient (Wildman–Crippen LogP) is 8.06. The highest BCUT2D eigenvalue weighted by molar-refractivity contribution is 8.30. The molecule has 3 aliphatic rings. The maximum atomic E-state index is 13.8. The molecule has 5 aromatic rings. The van der Waals surface area contributed by atoms with Gasteiger partial charge in [0.05, 0.1) is 11.1 Å². The van der Waals surface area contributed by atoms with Crippen LogP contribution < -0.4 is 19.7 Å². The number of carboxylic acids is 1. The van der Waals surface area contributed by atoms with Crippen molar-refractivity contribution in [2.45, 2.75) is 56.1 Å². The van der Waals surface area contributed by atoms with Crippen LogP contribution in [0.4, 0.5) is 11.4 Å². The zero-order chi connectivity index (χ0) is 37.3. The third kappa shape index (κ3) is 7.25. The van der Waals surface area contributed by atoms with Crippen molar-refractivity contribution < 1.29 is 14.7 Å². The monoisotopic (exact) mass is 787 g/mol. The topological polar surface area (TPSA) is 82.8 Å². The lowest BCUT2D eigenvalue weighted by molar-refractivity contribution is -0.137. The molecule has 3 heterocycles. The maximum Gasteiger partial charge on any atom is 0.323 e. The van der Waals surface area contributed by atoms with Crippen molar-refractivity contribution in [2.24, 2.45) is 0 Å². The number of hydrogen-bond donors (Lipinski definition) is 1. The number of carboxylic acid groups (broad SMARTS) is 1. The molecule has 0 bridgehead atoms. The number of carbonyl (C=O) groups is 2. The molecule has 0 radical (unpaired) electrons. The van der Waals surface area contributed by atoms with Crippen LogP contribution in [-0.2, 0) is 22.7 Å². The Morgan fingerprint density at radius 3 is 2.33 bits per heavy atom. The summed E-state index contributed by atoms with van der Waals surface area (Å²) in [4.78, 5) is 44.9. The lowest BCUT2D eigenvalue weighted by Crippen LogP contribution is -2.35. The van der Waals surface area contributed by atoms with Crippen LogP contribution in [0.1, 0.15) is 59.9 Å². The summed E-state index contributed by atoms with van der Waals surface area (Å²) in [5.74, 6) is -0.0455. The Labute approximate surface area is 331 Å². The van der Waals surface area contributed by atoms with Crippen molar-refractivity contribution in [3.8, 4) is 0 Å². The first-order valence-corrected chi connectivity index (χ1v) is 21.0. The molecule has 1 aromatic heterocycles. The molecular formula is C43H37N3O4S4. The highest BCUT2D eigenvalue weighted by atomic mass is 32.2. The van der Waals surface area contributed by atoms with Crippen molar-refractivity contribution in [3.63, 3.8) is 0 Å². The van der Waals surface area contributed by atoms with Gasteiger partial charge < -0.3 is 10.0 Å². The summed E-state index contributed by atoms with van der Waals surface area (Å²) >= 11 is 9.67. The third-order valence-corrected chi connectivity index (χ3v) is 13.7. The van der Waals surface area contributed by atoms with E-state index in [1.165, 1.54) is 31.2 Å². The highest BCUT2D eigenvalue weighted by Gasteiger charge is 2.42.